The van der Waals surface area contributed by atoms with Gasteiger partial charge in [0.05, 0.1) is 12.7 Å². The molecule has 110 valence electrons. The average molecular weight is 328 g/mol. The van der Waals surface area contributed by atoms with Gasteiger partial charge in [-0.2, -0.15) is 0 Å². The van der Waals surface area contributed by atoms with Crippen molar-refractivity contribution >= 4 is 34.9 Å². The van der Waals surface area contributed by atoms with Crippen LogP contribution in [-0.4, -0.2) is 13.1 Å². The Bertz CT molecular complexity index is 677. The standard InChI is InChI=1S/C15H12Cl2FNO2/c1-21-15(20)12-6-10(16)3-5-14(12)19-8-9-2-4-11(18)7-13(9)17/h2-7,19H,8H2,1H3. The van der Waals surface area contributed by atoms with Gasteiger partial charge in [0.15, 0.2) is 0 Å². The summed E-state index contributed by atoms with van der Waals surface area (Å²) in [6.45, 7) is 0.338. The minimum absolute atomic E-state index is 0.316. The van der Waals surface area contributed by atoms with Crippen molar-refractivity contribution in [2.24, 2.45) is 0 Å². The van der Waals surface area contributed by atoms with Gasteiger partial charge in [0, 0.05) is 22.3 Å². The molecule has 21 heavy (non-hydrogen) atoms. The van der Waals surface area contributed by atoms with E-state index in [1.165, 1.54) is 25.3 Å². The molecule has 3 nitrogen and oxygen atoms in total. The Hall–Kier alpha value is -1.78. The predicted molar refractivity (Wildman–Crippen MR) is 81.5 cm³/mol. The first-order valence-electron chi connectivity index (χ1n) is 6.07. The van der Waals surface area contributed by atoms with Crippen molar-refractivity contribution < 1.29 is 13.9 Å². The van der Waals surface area contributed by atoms with Crippen LogP contribution in [0.4, 0.5) is 10.1 Å². The van der Waals surface area contributed by atoms with E-state index in [1.807, 2.05) is 0 Å². The number of ether oxygens (including phenoxy) is 1. The number of benzene rings is 2. The number of carbonyl (C=O) groups is 1. The van der Waals surface area contributed by atoms with Crippen molar-refractivity contribution in [1.29, 1.82) is 0 Å². The van der Waals surface area contributed by atoms with E-state index < -0.39 is 11.8 Å². The summed E-state index contributed by atoms with van der Waals surface area (Å²) in [4.78, 5) is 11.7. The largest absolute Gasteiger partial charge is 0.465 e. The van der Waals surface area contributed by atoms with E-state index in [0.717, 1.165) is 0 Å². The molecule has 0 aliphatic rings. The van der Waals surface area contributed by atoms with Crippen LogP contribution in [-0.2, 0) is 11.3 Å². The molecular weight excluding hydrogens is 316 g/mol. The number of carbonyl (C=O) groups excluding carboxylic acids is 1. The summed E-state index contributed by atoms with van der Waals surface area (Å²) in [5, 5.41) is 3.81. The number of hydrogen-bond donors (Lipinski definition) is 1. The molecule has 0 unspecified atom stereocenters. The molecule has 2 aromatic carbocycles. The van der Waals surface area contributed by atoms with E-state index >= 15 is 0 Å². The van der Waals surface area contributed by atoms with Crippen molar-refractivity contribution in [3.05, 3.63) is 63.4 Å². The Balaban J connectivity index is 2.21. The first-order valence-corrected chi connectivity index (χ1v) is 6.82. The molecular formula is C15H12Cl2FNO2. The Morgan fingerprint density at radius 1 is 1.24 bits per heavy atom. The van der Waals surface area contributed by atoms with Crippen molar-refractivity contribution in [3.8, 4) is 0 Å². The maximum atomic E-state index is 13.0. The van der Waals surface area contributed by atoms with E-state index in [4.69, 9.17) is 27.9 Å². The van der Waals surface area contributed by atoms with Gasteiger partial charge in [-0.25, -0.2) is 9.18 Å². The Morgan fingerprint density at radius 2 is 2.00 bits per heavy atom. The summed E-state index contributed by atoms with van der Waals surface area (Å²) in [6, 6.07) is 8.99. The highest BCUT2D eigenvalue weighted by atomic mass is 35.5. The van der Waals surface area contributed by atoms with Crippen LogP contribution in [0.1, 0.15) is 15.9 Å². The number of methoxy groups -OCH3 is 1. The molecule has 0 atom stereocenters. The average Bonchev–Trinajstić information content (AvgIpc) is 2.46. The normalized spacial score (nSPS) is 10.3. The summed E-state index contributed by atoms with van der Waals surface area (Å²) in [5.74, 6) is -0.893. The fraction of sp³-hybridized carbons (Fsp3) is 0.133. The minimum atomic E-state index is -0.495. The van der Waals surface area contributed by atoms with Crippen LogP contribution in [0.25, 0.3) is 0 Å². The third kappa shape index (κ3) is 3.86. The second-order valence-electron chi connectivity index (χ2n) is 4.27. The molecule has 0 aliphatic heterocycles. The van der Waals surface area contributed by atoms with Crippen LogP contribution in [0.2, 0.25) is 10.0 Å². The van der Waals surface area contributed by atoms with E-state index in [-0.39, 0.29) is 0 Å². The summed E-state index contributed by atoms with van der Waals surface area (Å²) in [7, 11) is 1.30. The molecule has 1 N–H and O–H groups in total. The van der Waals surface area contributed by atoms with Gasteiger partial charge in [0.2, 0.25) is 0 Å². The summed E-state index contributed by atoms with van der Waals surface area (Å²) >= 11 is 11.8. The lowest BCUT2D eigenvalue weighted by Crippen LogP contribution is -2.08. The second-order valence-corrected chi connectivity index (χ2v) is 5.11. The molecule has 0 heterocycles. The highest BCUT2D eigenvalue weighted by Gasteiger charge is 2.13. The van der Waals surface area contributed by atoms with E-state index in [2.05, 4.69) is 5.32 Å². The van der Waals surface area contributed by atoms with Crippen LogP contribution in [0.3, 0.4) is 0 Å². The number of halogens is 3. The van der Waals surface area contributed by atoms with Gasteiger partial charge in [-0.3, -0.25) is 0 Å². The lowest BCUT2D eigenvalue weighted by molar-refractivity contribution is 0.0602. The zero-order valence-corrected chi connectivity index (χ0v) is 12.6. The third-order valence-corrected chi connectivity index (χ3v) is 3.46. The zero-order chi connectivity index (χ0) is 15.4. The Kier molecular flexibility index (Phi) is 5.04. The highest BCUT2D eigenvalue weighted by Crippen LogP contribution is 2.24. The molecule has 0 radical (unpaired) electrons. The van der Waals surface area contributed by atoms with E-state index in [9.17, 15) is 9.18 Å². The molecule has 0 bridgehead atoms. The first kappa shape index (κ1) is 15.6. The fourth-order valence-electron chi connectivity index (χ4n) is 1.80. The topological polar surface area (TPSA) is 38.3 Å². The van der Waals surface area contributed by atoms with E-state index in [1.54, 1.807) is 18.2 Å². The molecule has 0 saturated heterocycles. The van der Waals surface area contributed by atoms with Crippen LogP contribution in [0.15, 0.2) is 36.4 Å². The zero-order valence-electron chi connectivity index (χ0n) is 11.1. The lowest BCUT2D eigenvalue weighted by Gasteiger charge is -2.12. The van der Waals surface area contributed by atoms with Crippen molar-refractivity contribution in [3.63, 3.8) is 0 Å². The van der Waals surface area contributed by atoms with Gasteiger partial charge >= 0.3 is 5.97 Å². The molecule has 0 saturated carbocycles. The van der Waals surface area contributed by atoms with Gasteiger partial charge < -0.3 is 10.1 Å². The monoisotopic (exact) mass is 327 g/mol. The van der Waals surface area contributed by atoms with Crippen LogP contribution < -0.4 is 5.32 Å². The van der Waals surface area contributed by atoms with Gasteiger partial charge in [-0.15, -0.1) is 0 Å². The SMILES string of the molecule is COC(=O)c1cc(Cl)ccc1NCc1ccc(F)cc1Cl. The summed E-state index contributed by atoms with van der Waals surface area (Å²) < 4.78 is 17.7. The molecule has 0 aliphatic carbocycles. The Labute approximate surface area is 131 Å². The van der Waals surface area contributed by atoms with Crippen LogP contribution >= 0.6 is 23.2 Å². The Morgan fingerprint density at radius 3 is 2.67 bits per heavy atom. The lowest BCUT2D eigenvalue weighted by atomic mass is 10.1. The first-order chi connectivity index (χ1) is 10.0. The van der Waals surface area contributed by atoms with Crippen molar-refractivity contribution in [2.75, 3.05) is 12.4 Å². The van der Waals surface area contributed by atoms with Gasteiger partial charge in [-0.05, 0) is 35.9 Å². The third-order valence-electron chi connectivity index (χ3n) is 2.87. The number of nitrogens with one attached hydrogen (secondary N) is 1. The van der Waals surface area contributed by atoms with Gasteiger partial charge in [-0.1, -0.05) is 29.3 Å². The van der Waals surface area contributed by atoms with Gasteiger partial charge in [0.25, 0.3) is 0 Å². The fourth-order valence-corrected chi connectivity index (χ4v) is 2.21. The maximum absolute atomic E-state index is 13.0. The van der Waals surface area contributed by atoms with Crippen LogP contribution in [0.5, 0.6) is 0 Å². The predicted octanol–water partition coefficient (Wildman–Crippen LogP) is 4.53. The number of hydrogen-bond acceptors (Lipinski definition) is 3. The van der Waals surface area contributed by atoms with E-state index in [0.29, 0.717) is 33.4 Å². The van der Waals surface area contributed by atoms with Gasteiger partial charge in [0.1, 0.15) is 5.82 Å². The molecule has 0 aromatic heterocycles. The second kappa shape index (κ2) is 6.78. The molecule has 0 amide bonds. The summed E-state index contributed by atoms with van der Waals surface area (Å²) in [6.07, 6.45) is 0. The summed E-state index contributed by atoms with van der Waals surface area (Å²) in [5.41, 5.74) is 1.60. The smallest absolute Gasteiger partial charge is 0.340 e. The molecule has 0 fully saturated rings. The quantitative estimate of drug-likeness (QED) is 0.838. The molecule has 6 heteroatoms. The molecule has 0 spiro atoms. The molecule has 2 rings (SSSR count). The minimum Gasteiger partial charge on any atom is -0.465 e. The number of anilines is 1. The van der Waals surface area contributed by atoms with Crippen molar-refractivity contribution in [1.82, 2.24) is 0 Å². The molecule has 2 aromatic rings. The number of esters is 1. The number of rotatable bonds is 4. The highest BCUT2D eigenvalue weighted by molar-refractivity contribution is 6.31. The van der Waals surface area contributed by atoms with Crippen molar-refractivity contribution in [2.45, 2.75) is 6.54 Å². The van der Waals surface area contributed by atoms with Crippen LogP contribution in [0, 0.1) is 5.82 Å². The maximum Gasteiger partial charge on any atom is 0.340 e.